The summed E-state index contributed by atoms with van der Waals surface area (Å²) < 4.78 is 1.37. The zero-order valence-corrected chi connectivity index (χ0v) is 14.1. The Hall–Kier alpha value is -3.15. The van der Waals surface area contributed by atoms with Gasteiger partial charge < -0.3 is 10.2 Å². The molecule has 0 bridgehead atoms. The number of fused-ring (bicyclic) bond motifs is 1. The predicted molar refractivity (Wildman–Crippen MR) is 98.1 cm³/mol. The van der Waals surface area contributed by atoms with E-state index in [-0.39, 0.29) is 11.1 Å². The third-order valence-corrected chi connectivity index (χ3v) is 4.01. The fraction of sp³-hybridized carbons (Fsp3) is 0.211. The summed E-state index contributed by atoms with van der Waals surface area (Å²) in [5.74, 6) is -0.391. The first-order valence-electron chi connectivity index (χ1n) is 8.17. The lowest BCUT2D eigenvalue weighted by Gasteiger charge is -2.19. The average Bonchev–Trinajstić information content (AvgIpc) is 2.66. The molecule has 1 N–H and O–H groups in total. The third-order valence-electron chi connectivity index (χ3n) is 4.01. The number of aromatic nitrogens is 2. The number of amides is 1. The highest BCUT2D eigenvalue weighted by atomic mass is 16.2. The van der Waals surface area contributed by atoms with Crippen molar-refractivity contribution in [1.82, 2.24) is 14.7 Å². The maximum Gasteiger partial charge on any atom is 0.270 e. The minimum Gasteiger partial charge on any atom is -0.375 e. The number of anilines is 1. The number of rotatable bonds is 6. The normalized spacial score (nSPS) is 10.6. The summed E-state index contributed by atoms with van der Waals surface area (Å²) in [4.78, 5) is 30.9. The van der Waals surface area contributed by atoms with E-state index in [9.17, 15) is 9.59 Å². The van der Waals surface area contributed by atoms with Crippen LogP contribution in [0.2, 0.25) is 0 Å². The van der Waals surface area contributed by atoms with Crippen LogP contribution in [-0.2, 0) is 0 Å². The van der Waals surface area contributed by atoms with Crippen LogP contribution >= 0.6 is 0 Å². The van der Waals surface area contributed by atoms with Gasteiger partial charge >= 0.3 is 0 Å². The van der Waals surface area contributed by atoms with E-state index in [1.807, 2.05) is 37.4 Å². The van der Waals surface area contributed by atoms with E-state index in [1.165, 1.54) is 10.6 Å². The monoisotopic (exact) mass is 336 g/mol. The zero-order valence-electron chi connectivity index (χ0n) is 14.1. The van der Waals surface area contributed by atoms with E-state index in [0.717, 1.165) is 18.7 Å². The molecule has 0 saturated heterocycles. The van der Waals surface area contributed by atoms with E-state index in [1.54, 1.807) is 24.4 Å². The van der Waals surface area contributed by atoms with Crippen LogP contribution in [0.15, 0.2) is 65.7 Å². The van der Waals surface area contributed by atoms with Gasteiger partial charge in [0.25, 0.3) is 11.5 Å². The fourth-order valence-electron chi connectivity index (χ4n) is 2.61. The first kappa shape index (κ1) is 16.7. The minimum atomic E-state index is -0.391. The summed E-state index contributed by atoms with van der Waals surface area (Å²) in [6.45, 7) is 1.30. The average molecular weight is 336 g/mol. The van der Waals surface area contributed by atoms with Gasteiger partial charge in [-0.3, -0.25) is 14.0 Å². The van der Waals surface area contributed by atoms with Gasteiger partial charge in [-0.05, 0) is 30.7 Å². The van der Waals surface area contributed by atoms with Crippen molar-refractivity contribution in [2.45, 2.75) is 6.42 Å². The number of benzene rings is 1. The molecule has 0 unspecified atom stereocenters. The van der Waals surface area contributed by atoms with Gasteiger partial charge in [-0.15, -0.1) is 0 Å². The molecule has 1 amide bonds. The second kappa shape index (κ2) is 7.61. The summed E-state index contributed by atoms with van der Waals surface area (Å²) in [6.07, 6.45) is 3.72. The SMILES string of the molecule is CN(CCCNC(=O)c1cnc2ccccn2c1=O)c1ccccc1. The molecule has 0 radical (unpaired) electrons. The van der Waals surface area contributed by atoms with Crippen LogP contribution in [0.25, 0.3) is 5.65 Å². The molecule has 3 rings (SSSR count). The largest absolute Gasteiger partial charge is 0.375 e. The maximum absolute atomic E-state index is 12.3. The first-order chi connectivity index (χ1) is 12.2. The Balaban J connectivity index is 1.56. The Morgan fingerprint density at radius 2 is 1.92 bits per heavy atom. The molecule has 0 atom stereocenters. The number of carbonyl (C=O) groups excluding carboxylic acids is 1. The molecule has 25 heavy (non-hydrogen) atoms. The Morgan fingerprint density at radius 1 is 1.16 bits per heavy atom. The number of para-hydroxylation sites is 1. The van der Waals surface area contributed by atoms with Crippen molar-refractivity contribution in [3.05, 3.63) is 76.8 Å². The summed E-state index contributed by atoms with van der Waals surface area (Å²) in [5.41, 5.74) is 1.35. The molecule has 6 nitrogen and oxygen atoms in total. The van der Waals surface area contributed by atoms with Crippen LogP contribution in [0.3, 0.4) is 0 Å². The van der Waals surface area contributed by atoms with Crippen LogP contribution in [0.5, 0.6) is 0 Å². The molecule has 0 aliphatic rings. The molecule has 3 aromatic rings. The van der Waals surface area contributed by atoms with Crippen molar-refractivity contribution < 1.29 is 4.79 Å². The molecular weight excluding hydrogens is 316 g/mol. The van der Waals surface area contributed by atoms with Crippen LogP contribution in [-0.4, -0.2) is 35.4 Å². The molecule has 0 aliphatic carbocycles. The van der Waals surface area contributed by atoms with Gasteiger partial charge in [-0.25, -0.2) is 4.98 Å². The maximum atomic E-state index is 12.3. The van der Waals surface area contributed by atoms with Gasteiger partial charge in [-0.1, -0.05) is 24.3 Å². The number of nitrogens with zero attached hydrogens (tertiary/aromatic N) is 3. The number of hydrogen-bond acceptors (Lipinski definition) is 4. The van der Waals surface area contributed by atoms with E-state index in [0.29, 0.717) is 12.2 Å². The third kappa shape index (κ3) is 3.85. The number of nitrogens with one attached hydrogen (secondary N) is 1. The molecule has 0 aliphatic heterocycles. The highest BCUT2D eigenvalue weighted by Crippen LogP contribution is 2.10. The van der Waals surface area contributed by atoms with Crippen molar-refractivity contribution in [2.75, 3.05) is 25.0 Å². The number of pyridine rings is 1. The molecular formula is C19H20N4O2. The van der Waals surface area contributed by atoms with Crippen molar-refractivity contribution >= 4 is 17.2 Å². The topological polar surface area (TPSA) is 66.7 Å². The van der Waals surface area contributed by atoms with Gasteiger partial charge in [-0.2, -0.15) is 0 Å². The predicted octanol–water partition coefficient (Wildman–Crippen LogP) is 1.95. The van der Waals surface area contributed by atoms with E-state index >= 15 is 0 Å². The molecule has 2 heterocycles. The fourth-order valence-corrected chi connectivity index (χ4v) is 2.61. The van der Waals surface area contributed by atoms with Crippen molar-refractivity contribution in [2.24, 2.45) is 0 Å². The highest BCUT2D eigenvalue weighted by molar-refractivity contribution is 5.93. The van der Waals surface area contributed by atoms with Crippen LogP contribution < -0.4 is 15.8 Å². The minimum absolute atomic E-state index is 0.0557. The van der Waals surface area contributed by atoms with Gasteiger partial charge in [0.15, 0.2) is 0 Å². The molecule has 6 heteroatoms. The Morgan fingerprint density at radius 3 is 2.72 bits per heavy atom. The summed E-state index contributed by atoms with van der Waals surface area (Å²) in [7, 11) is 2.01. The lowest BCUT2D eigenvalue weighted by atomic mass is 10.2. The zero-order chi connectivity index (χ0) is 17.6. The second-order valence-electron chi connectivity index (χ2n) is 5.77. The van der Waals surface area contributed by atoms with Crippen LogP contribution in [0, 0.1) is 0 Å². The van der Waals surface area contributed by atoms with E-state index in [4.69, 9.17) is 0 Å². The molecule has 0 fully saturated rings. The number of carbonyl (C=O) groups is 1. The lowest BCUT2D eigenvalue weighted by Crippen LogP contribution is -2.33. The van der Waals surface area contributed by atoms with Crippen molar-refractivity contribution in [3.8, 4) is 0 Å². The summed E-state index contributed by atoms with van der Waals surface area (Å²) in [6, 6.07) is 15.3. The molecule has 2 aromatic heterocycles. The quantitative estimate of drug-likeness (QED) is 0.699. The molecule has 1 aromatic carbocycles. The molecule has 0 spiro atoms. The second-order valence-corrected chi connectivity index (χ2v) is 5.77. The Bertz CT molecular complexity index is 921. The van der Waals surface area contributed by atoms with Crippen LogP contribution in [0.1, 0.15) is 16.8 Å². The lowest BCUT2D eigenvalue weighted by molar-refractivity contribution is 0.0951. The van der Waals surface area contributed by atoms with Gasteiger partial charge in [0, 0.05) is 38.2 Å². The highest BCUT2D eigenvalue weighted by Gasteiger charge is 2.12. The van der Waals surface area contributed by atoms with E-state index < -0.39 is 5.91 Å². The van der Waals surface area contributed by atoms with Crippen LogP contribution in [0.4, 0.5) is 5.69 Å². The Labute approximate surface area is 145 Å². The molecule has 0 saturated carbocycles. The smallest absolute Gasteiger partial charge is 0.270 e. The van der Waals surface area contributed by atoms with Gasteiger partial charge in [0.1, 0.15) is 11.2 Å². The summed E-state index contributed by atoms with van der Waals surface area (Å²) >= 11 is 0. The summed E-state index contributed by atoms with van der Waals surface area (Å²) in [5, 5.41) is 2.79. The van der Waals surface area contributed by atoms with Gasteiger partial charge in [0.05, 0.1) is 0 Å². The number of hydrogen-bond donors (Lipinski definition) is 1. The molecule has 128 valence electrons. The standard InChI is InChI=1S/C19H20N4O2/c1-22(15-8-3-2-4-9-15)12-7-11-20-18(24)16-14-21-17-10-5-6-13-23(17)19(16)25/h2-6,8-10,13-14H,7,11-12H2,1H3,(H,20,24). The van der Waals surface area contributed by atoms with Gasteiger partial charge in [0.2, 0.25) is 0 Å². The van der Waals surface area contributed by atoms with E-state index in [2.05, 4.69) is 15.2 Å². The van der Waals surface area contributed by atoms with Crippen molar-refractivity contribution in [3.63, 3.8) is 0 Å². The van der Waals surface area contributed by atoms with Crippen molar-refractivity contribution in [1.29, 1.82) is 0 Å². The first-order valence-corrected chi connectivity index (χ1v) is 8.17. The Kier molecular flexibility index (Phi) is 5.09.